The first-order chi connectivity index (χ1) is 9.79. The summed E-state index contributed by atoms with van der Waals surface area (Å²) < 4.78 is 0. The van der Waals surface area contributed by atoms with Gasteiger partial charge in [0.1, 0.15) is 5.84 Å². The molecule has 116 valence electrons. The number of halogens is 1. The SMILES string of the molecule is CC(C)(C)C1CCCN(c2ccc(Cl)cc2C(=N)N)CC1. The van der Waals surface area contributed by atoms with Crippen molar-refractivity contribution in [3.8, 4) is 0 Å². The Morgan fingerprint density at radius 3 is 2.62 bits per heavy atom. The number of nitrogens with two attached hydrogens (primary N) is 1. The molecule has 2 rings (SSSR count). The number of hydrogen-bond acceptors (Lipinski definition) is 2. The molecule has 0 radical (unpaired) electrons. The molecule has 0 spiro atoms. The molecule has 1 atom stereocenters. The largest absolute Gasteiger partial charge is 0.384 e. The van der Waals surface area contributed by atoms with Gasteiger partial charge in [-0.05, 0) is 48.8 Å². The molecule has 4 heteroatoms. The van der Waals surface area contributed by atoms with Crippen LogP contribution in [0.25, 0.3) is 0 Å². The molecular weight excluding hydrogens is 282 g/mol. The van der Waals surface area contributed by atoms with E-state index >= 15 is 0 Å². The Morgan fingerprint density at radius 1 is 1.29 bits per heavy atom. The molecule has 1 aromatic rings. The average molecular weight is 308 g/mol. The maximum absolute atomic E-state index is 7.78. The smallest absolute Gasteiger partial charge is 0.124 e. The van der Waals surface area contributed by atoms with Crippen LogP contribution in [-0.2, 0) is 0 Å². The Kier molecular flexibility index (Phi) is 4.82. The quantitative estimate of drug-likeness (QED) is 0.633. The molecule has 1 fully saturated rings. The summed E-state index contributed by atoms with van der Waals surface area (Å²) in [5.41, 5.74) is 7.87. The lowest BCUT2D eigenvalue weighted by Crippen LogP contribution is -2.28. The number of hydrogen-bond donors (Lipinski definition) is 2. The topological polar surface area (TPSA) is 53.1 Å². The maximum atomic E-state index is 7.78. The molecule has 1 aliphatic rings. The van der Waals surface area contributed by atoms with Gasteiger partial charge in [-0.15, -0.1) is 0 Å². The molecule has 1 unspecified atom stereocenters. The second-order valence-electron chi connectivity index (χ2n) is 7.06. The first-order valence-corrected chi connectivity index (χ1v) is 8.05. The maximum Gasteiger partial charge on any atom is 0.124 e. The average Bonchev–Trinajstić information content (AvgIpc) is 2.63. The van der Waals surface area contributed by atoms with Gasteiger partial charge in [0.25, 0.3) is 0 Å². The van der Waals surface area contributed by atoms with E-state index in [1.54, 1.807) is 6.07 Å². The Balaban J connectivity index is 2.22. The van der Waals surface area contributed by atoms with Crippen LogP contribution in [0.2, 0.25) is 5.02 Å². The second kappa shape index (κ2) is 6.27. The zero-order valence-electron chi connectivity index (χ0n) is 13.2. The van der Waals surface area contributed by atoms with E-state index in [1.165, 1.54) is 19.3 Å². The molecule has 1 heterocycles. The van der Waals surface area contributed by atoms with Gasteiger partial charge >= 0.3 is 0 Å². The summed E-state index contributed by atoms with van der Waals surface area (Å²) in [4.78, 5) is 2.36. The van der Waals surface area contributed by atoms with Crippen molar-refractivity contribution in [3.05, 3.63) is 28.8 Å². The fourth-order valence-corrected chi connectivity index (χ4v) is 3.38. The van der Waals surface area contributed by atoms with E-state index in [1.807, 2.05) is 12.1 Å². The second-order valence-corrected chi connectivity index (χ2v) is 7.49. The van der Waals surface area contributed by atoms with Crippen LogP contribution < -0.4 is 10.6 Å². The summed E-state index contributed by atoms with van der Waals surface area (Å²) in [7, 11) is 0. The van der Waals surface area contributed by atoms with Crippen LogP contribution in [0.4, 0.5) is 5.69 Å². The van der Waals surface area contributed by atoms with Crippen molar-refractivity contribution in [2.45, 2.75) is 40.0 Å². The number of anilines is 1. The third kappa shape index (κ3) is 3.91. The van der Waals surface area contributed by atoms with Gasteiger partial charge in [0.2, 0.25) is 0 Å². The molecule has 1 aromatic carbocycles. The predicted molar refractivity (Wildman–Crippen MR) is 91.5 cm³/mol. The van der Waals surface area contributed by atoms with Crippen LogP contribution in [0.3, 0.4) is 0 Å². The normalized spacial score (nSPS) is 20.2. The lowest BCUT2D eigenvalue weighted by molar-refractivity contribution is 0.220. The van der Waals surface area contributed by atoms with Crippen molar-refractivity contribution in [1.29, 1.82) is 5.41 Å². The molecule has 3 N–H and O–H groups in total. The summed E-state index contributed by atoms with van der Waals surface area (Å²) in [5.74, 6) is 0.833. The van der Waals surface area contributed by atoms with Crippen molar-refractivity contribution in [2.75, 3.05) is 18.0 Å². The highest BCUT2D eigenvalue weighted by Crippen LogP contribution is 2.36. The van der Waals surface area contributed by atoms with Crippen molar-refractivity contribution < 1.29 is 0 Å². The zero-order chi connectivity index (χ0) is 15.6. The molecule has 0 saturated carbocycles. The zero-order valence-corrected chi connectivity index (χ0v) is 14.0. The van der Waals surface area contributed by atoms with Gasteiger partial charge in [-0.25, -0.2) is 0 Å². The first kappa shape index (κ1) is 16.2. The first-order valence-electron chi connectivity index (χ1n) is 7.68. The third-order valence-electron chi connectivity index (χ3n) is 4.54. The van der Waals surface area contributed by atoms with E-state index < -0.39 is 0 Å². The monoisotopic (exact) mass is 307 g/mol. The minimum atomic E-state index is 0.0871. The number of nitrogen functional groups attached to an aromatic ring is 1. The summed E-state index contributed by atoms with van der Waals surface area (Å²) in [6.45, 7) is 9.03. The number of rotatable bonds is 2. The minimum absolute atomic E-state index is 0.0871. The highest BCUT2D eigenvalue weighted by Gasteiger charge is 2.27. The fraction of sp³-hybridized carbons (Fsp3) is 0.588. The molecule has 1 saturated heterocycles. The molecular formula is C17H26ClN3. The molecule has 21 heavy (non-hydrogen) atoms. The number of nitrogens with zero attached hydrogens (tertiary/aromatic N) is 1. The standard InChI is InChI=1S/C17H26ClN3/c1-17(2,3)12-5-4-9-21(10-8-12)15-7-6-13(18)11-14(15)16(19)20/h6-7,11-12H,4-5,8-10H2,1-3H3,(H3,19,20). The van der Waals surface area contributed by atoms with Crippen LogP contribution in [0, 0.1) is 16.7 Å². The van der Waals surface area contributed by atoms with Crippen molar-refractivity contribution in [1.82, 2.24) is 0 Å². The molecule has 0 aromatic heterocycles. The summed E-state index contributed by atoms with van der Waals surface area (Å²) in [6.07, 6.45) is 3.63. The fourth-order valence-electron chi connectivity index (χ4n) is 3.20. The van der Waals surface area contributed by atoms with E-state index in [0.717, 1.165) is 30.3 Å². The predicted octanol–water partition coefficient (Wildman–Crippen LogP) is 4.28. The number of amidine groups is 1. The van der Waals surface area contributed by atoms with Gasteiger partial charge in [0, 0.05) is 29.4 Å². The highest BCUT2D eigenvalue weighted by atomic mass is 35.5. The van der Waals surface area contributed by atoms with Gasteiger partial charge in [0.05, 0.1) is 0 Å². The molecule has 1 aliphatic heterocycles. The van der Waals surface area contributed by atoms with Gasteiger partial charge in [-0.3, -0.25) is 5.41 Å². The van der Waals surface area contributed by atoms with Gasteiger partial charge in [-0.1, -0.05) is 32.4 Å². The molecule has 0 aliphatic carbocycles. The number of nitrogens with one attached hydrogen (secondary N) is 1. The third-order valence-corrected chi connectivity index (χ3v) is 4.78. The molecule has 0 amide bonds. The van der Waals surface area contributed by atoms with Crippen molar-refractivity contribution in [2.24, 2.45) is 17.1 Å². The van der Waals surface area contributed by atoms with Crippen molar-refractivity contribution >= 4 is 23.1 Å². The summed E-state index contributed by atoms with van der Waals surface area (Å²) in [6, 6.07) is 5.68. The lowest BCUT2D eigenvalue weighted by Gasteiger charge is -2.30. The summed E-state index contributed by atoms with van der Waals surface area (Å²) in [5, 5.41) is 8.41. The van der Waals surface area contributed by atoms with E-state index in [-0.39, 0.29) is 5.84 Å². The van der Waals surface area contributed by atoms with Gasteiger partial charge < -0.3 is 10.6 Å². The Labute approximate surface area is 133 Å². The van der Waals surface area contributed by atoms with Gasteiger partial charge in [0.15, 0.2) is 0 Å². The van der Waals surface area contributed by atoms with Crippen LogP contribution >= 0.6 is 11.6 Å². The molecule has 3 nitrogen and oxygen atoms in total. The van der Waals surface area contributed by atoms with E-state index in [9.17, 15) is 0 Å². The van der Waals surface area contributed by atoms with Crippen LogP contribution in [-0.4, -0.2) is 18.9 Å². The van der Waals surface area contributed by atoms with E-state index in [4.69, 9.17) is 22.7 Å². The highest BCUT2D eigenvalue weighted by molar-refractivity contribution is 6.31. The van der Waals surface area contributed by atoms with Crippen molar-refractivity contribution in [3.63, 3.8) is 0 Å². The van der Waals surface area contributed by atoms with Gasteiger partial charge in [-0.2, -0.15) is 0 Å². The Bertz CT molecular complexity index is 519. The van der Waals surface area contributed by atoms with Crippen LogP contribution in [0.5, 0.6) is 0 Å². The van der Waals surface area contributed by atoms with Crippen LogP contribution in [0.15, 0.2) is 18.2 Å². The van der Waals surface area contributed by atoms with Crippen LogP contribution in [0.1, 0.15) is 45.6 Å². The minimum Gasteiger partial charge on any atom is -0.384 e. The summed E-state index contributed by atoms with van der Waals surface area (Å²) >= 11 is 6.04. The molecule has 0 bridgehead atoms. The lowest BCUT2D eigenvalue weighted by atomic mass is 9.77. The number of benzene rings is 1. The Morgan fingerprint density at radius 2 is 2.00 bits per heavy atom. The van der Waals surface area contributed by atoms with E-state index in [2.05, 4.69) is 25.7 Å². The Hall–Kier alpha value is -1.22. The van der Waals surface area contributed by atoms with E-state index in [0.29, 0.717) is 10.4 Å².